The highest BCUT2D eigenvalue weighted by atomic mass is 32.1. The number of hydrogen-bond acceptors (Lipinski definition) is 2. The molecule has 1 aliphatic heterocycles. The van der Waals surface area contributed by atoms with Gasteiger partial charge in [0.05, 0.1) is 11.1 Å². The zero-order valence-corrected chi connectivity index (χ0v) is 10.9. The van der Waals surface area contributed by atoms with Gasteiger partial charge >= 0.3 is 0 Å². The van der Waals surface area contributed by atoms with Crippen LogP contribution >= 0.6 is 11.3 Å². The van der Waals surface area contributed by atoms with Crippen LogP contribution in [0.5, 0.6) is 0 Å². The summed E-state index contributed by atoms with van der Waals surface area (Å²) in [7, 11) is 0. The van der Waals surface area contributed by atoms with E-state index in [-0.39, 0.29) is 0 Å². The van der Waals surface area contributed by atoms with Crippen LogP contribution < -0.4 is 4.57 Å². The number of hydrogen-bond donors (Lipinski definition) is 0. The fourth-order valence-electron chi connectivity index (χ4n) is 2.92. The second kappa shape index (κ2) is 3.22. The molecule has 0 spiro atoms. The van der Waals surface area contributed by atoms with E-state index in [4.69, 9.17) is 0 Å². The van der Waals surface area contributed by atoms with E-state index in [1.54, 1.807) is 0 Å². The highest BCUT2D eigenvalue weighted by Gasteiger charge is 2.32. The van der Waals surface area contributed by atoms with Crippen LogP contribution in [0.1, 0.15) is 5.56 Å². The first-order valence-electron chi connectivity index (χ1n) is 6.29. The highest BCUT2D eigenvalue weighted by Crippen LogP contribution is 2.37. The van der Waals surface area contributed by atoms with Gasteiger partial charge < -0.3 is 0 Å². The van der Waals surface area contributed by atoms with E-state index in [2.05, 4.69) is 46.2 Å². The summed E-state index contributed by atoms with van der Waals surface area (Å²) in [5.41, 5.74) is 5.28. The first-order valence-corrected chi connectivity index (χ1v) is 7.10. The molecule has 0 N–H and O–H groups in total. The largest absolute Gasteiger partial charge is 0.271 e. The molecule has 0 saturated heterocycles. The van der Waals surface area contributed by atoms with Crippen molar-refractivity contribution in [1.82, 2.24) is 9.61 Å². The third-order valence-corrected chi connectivity index (χ3v) is 5.05. The molecule has 3 nitrogen and oxygen atoms in total. The quantitative estimate of drug-likeness (QED) is 0.394. The van der Waals surface area contributed by atoms with Gasteiger partial charge in [0.25, 0.3) is 5.01 Å². The molecule has 0 radical (unpaired) electrons. The lowest BCUT2D eigenvalue weighted by molar-refractivity contribution is -0.642. The monoisotopic (exact) mass is 264 g/mol. The minimum Gasteiger partial charge on any atom is -0.233 e. The van der Waals surface area contributed by atoms with Crippen LogP contribution in [0.3, 0.4) is 0 Å². The molecule has 19 heavy (non-hydrogen) atoms. The van der Waals surface area contributed by atoms with Crippen molar-refractivity contribution >= 4 is 27.1 Å². The van der Waals surface area contributed by atoms with Crippen molar-refractivity contribution in [3.05, 3.63) is 54.4 Å². The van der Waals surface area contributed by atoms with Gasteiger partial charge in [-0.3, -0.25) is 0 Å². The molecule has 4 heterocycles. The van der Waals surface area contributed by atoms with Crippen LogP contribution in [0.2, 0.25) is 0 Å². The van der Waals surface area contributed by atoms with Gasteiger partial charge in [-0.1, -0.05) is 29.5 Å². The van der Waals surface area contributed by atoms with E-state index in [1.807, 2.05) is 28.1 Å². The summed E-state index contributed by atoms with van der Waals surface area (Å²) in [4.78, 5) is 0. The number of thiazole rings is 1. The predicted octanol–water partition coefficient (Wildman–Crippen LogP) is 2.87. The maximum absolute atomic E-state index is 4.38. The molecule has 0 atom stereocenters. The lowest BCUT2D eigenvalue weighted by atomic mass is 10.1. The van der Waals surface area contributed by atoms with Crippen LogP contribution in [-0.4, -0.2) is 9.61 Å². The molecule has 4 heteroatoms. The molecule has 90 valence electrons. The van der Waals surface area contributed by atoms with Crippen molar-refractivity contribution in [2.45, 2.75) is 6.54 Å². The van der Waals surface area contributed by atoms with Gasteiger partial charge in [-0.25, -0.2) is 4.52 Å². The normalized spacial score (nSPS) is 13.1. The lowest BCUT2D eigenvalue weighted by Crippen LogP contribution is -2.29. The minimum atomic E-state index is 0.975. The SMILES string of the molecule is c1ccc2c(c1)C[n+]1c-2sc2c3cccnn3cc21. The summed E-state index contributed by atoms with van der Waals surface area (Å²) in [6.07, 6.45) is 3.97. The first kappa shape index (κ1) is 9.69. The van der Waals surface area contributed by atoms with Crippen molar-refractivity contribution in [2.24, 2.45) is 0 Å². The Balaban J connectivity index is 1.93. The third-order valence-electron chi connectivity index (χ3n) is 3.80. The number of aromatic nitrogens is 3. The first-order chi connectivity index (χ1) is 9.42. The van der Waals surface area contributed by atoms with Gasteiger partial charge in [-0.05, 0) is 18.2 Å². The number of nitrogens with zero attached hydrogens (tertiary/aromatic N) is 3. The molecule has 0 fully saturated rings. The van der Waals surface area contributed by atoms with E-state index in [9.17, 15) is 0 Å². The second-order valence-corrected chi connectivity index (χ2v) is 5.85. The summed E-state index contributed by atoms with van der Waals surface area (Å²) in [5.74, 6) is 0. The van der Waals surface area contributed by atoms with Crippen molar-refractivity contribution in [3.63, 3.8) is 0 Å². The topological polar surface area (TPSA) is 21.2 Å². The van der Waals surface area contributed by atoms with Gasteiger partial charge in [0.1, 0.15) is 10.9 Å². The Morgan fingerprint density at radius 1 is 1.16 bits per heavy atom. The standard InChI is InChI=1S/C15H10N3S/c1-2-5-11-10(4-1)8-17-13-9-18-12(6-3-7-16-18)14(13)19-15(11)17/h1-7,9H,8H2/q+1. The molecule has 5 rings (SSSR count). The molecule has 0 aliphatic carbocycles. The van der Waals surface area contributed by atoms with Gasteiger partial charge in [0, 0.05) is 11.8 Å². The average Bonchev–Trinajstić information content (AvgIpc) is 3.07. The molecule has 1 aromatic carbocycles. The Kier molecular flexibility index (Phi) is 1.64. The summed E-state index contributed by atoms with van der Waals surface area (Å²) in [6, 6.07) is 12.8. The van der Waals surface area contributed by atoms with Crippen molar-refractivity contribution in [2.75, 3.05) is 0 Å². The Labute approximate surface area is 113 Å². The second-order valence-electron chi connectivity index (χ2n) is 4.85. The fraction of sp³-hybridized carbons (Fsp3) is 0.0667. The molecule has 0 amide bonds. The van der Waals surface area contributed by atoms with E-state index in [1.165, 1.54) is 31.9 Å². The Hall–Kier alpha value is -2.20. The zero-order chi connectivity index (χ0) is 12.4. The predicted molar refractivity (Wildman–Crippen MR) is 75.3 cm³/mol. The van der Waals surface area contributed by atoms with Crippen LogP contribution in [0.15, 0.2) is 48.8 Å². The van der Waals surface area contributed by atoms with Crippen LogP contribution in [0.4, 0.5) is 0 Å². The Bertz CT molecular complexity index is 949. The summed E-state index contributed by atoms with van der Waals surface area (Å²) in [5, 5.41) is 5.74. The number of rotatable bonds is 0. The van der Waals surface area contributed by atoms with Gasteiger partial charge in [-0.15, -0.1) is 0 Å². The molecular formula is C15H10N3S+. The van der Waals surface area contributed by atoms with Crippen molar-refractivity contribution in [3.8, 4) is 10.6 Å². The van der Waals surface area contributed by atoms with Gasteiger partial charge in [-0.2, -0.15) is 9.67 Å². The average molecular weight is 264 g/mol. The minimum absolute atomic E-state index is 0.975. The molecule has 0 bridgehead atoms. The van der Waals surface area contributed by atoms with E-state index in [0.717, 1.165) is 6.54 Å². The smallest absolute Gasteiger partial charge is 0.233 e. The Morgan fingerprint density at radius 2 is 2.11 bits per heavy atom. The molecule has 3 aromatic heterocycles. The molecule has 0 unspecified atom stereocenters. The third kappa shape index (κ3) is 1.12. The van der Waals surface area contributed by atoms with Crippen LogP contribution in [0, 0.1) is 0 Å². The van der Waals surface area contributed by atoms with Crippen molar-refractivity contribution < 1.29 is 4.57 Å². The van der Waals surface area contributed by atoms with Crippen molar-refractivity contribution in [1.29, 1.82) is 0 Å². The summed E-state index contributed by atoms with van der Waals surface area (Å²) in [6.45, 7) is 0.975. The summed E-state index contributed by atoms with van der Waals surface area (Å²) >= 11 is 1.87. The molecule has 4 aromatic rings. The number of benzene rings is 1. The van der Waals surface area contributed by atoms with Crippen LogP contribution in [-0.2, 0) is 6.54 Å². The number of fused-ring (bicyclic) bond motifs is 7. The molecule has 1 aliphatic rings. The fourth-order valence-corrected chi connectivity index (χ4v) is 4.23. The molecule has 0 saturated carbocycles. The zero-order valence-electron chi connectivity index (χ0n) is 10.1. The summed E-state index contributed by atoms with van der Waals surface area (Å²) < 4.78 is 5.70. The van der Waals surface area contributed by atoms with Crippen LogP contribution in [0.25, 0.3) is 26.3 Å². The Morgan fingerprint density at radius 3 is 3.11 bits per heavy atom. The maximum Gasteiger partial charge on any atom is 0.271 e. The highest BCUT2D eigenvalue weighted by molar-refractivity contribution is 7.22. The van der Waals surface area contributed by atoms with E-state index < -0.39 is 0 Å². The maximum atomic E-state index is 4.38. The van der Waals surface area contributed by atoms with E-state index >= 15 is 0 Å². The lowest BCUT2D eigenvalue weighted by Gasteiger charge is -1.90. The van der Waals surface area contributed by atoms with E-state index in [0.29, 0.717) is 0 Å². The molecular weight excluding hydrogens is 254 g/mol. The van der Waals surface area contributed by atoms with Gasteiger partial charge in [0.15, 0.2) is 6.54 Å². The van der Waals surface area contributed by atoms with Gasteiger partial charge in [0.2, 0.25) is 5.52 Å².